The lowest BCUT2D eigenvalue weighted by Gasteiger charge is -2.07. The van der Waals surface area contributed by atoms with E-state index in [1.807, 2.05) is 0 Å². The van der Waals surface area contributed by atoms with E-state index in [-0.39, 0.29) is 0 Å². The average molecular weight is 210 g/mol. The Balaban J connectivity index is 2.87. The zero-order valence-electron chi connectivity index (χ0n) is 7.94. The smallest absolute Gasteiger partial charge is 0.409 e. The van der Waals surface area contributed by atoms with Crippen LogP contribution in [0.4, 0.5) is 21.0 Å². The van der Waals surface area contributed by atoms with E-state index in [0.717, 1.165) is 0 Å². The summed E-state index contributed by atoms with van der Waals surface area (Å²) in [6.45, 7) is 1.68. The van der Waals surface area contributed by atoms with Crippen molar-refractivity contribution in [2.75, 3.05) is 10.6 Å². The van der Waals surface area contributed by atoms with E-state index < -0.39 is 12.2 Å². The first kappa shape index (κ1) is 10.8. The van der Waals surface area contributed by atoms with Crippen LogP contribution in [-0.4, -0.2) is 22.4 Å². The highest BCUT2D eigenvalue weighted by atomic mass is 16.4. The second-order valence-corrected chi connectivity index (χ2v) is 2.89. The summed E-state index contributed by atoms with van der Waals surface area (Å²) in [5, 5.41) is 21.3. The predicted molar refractivity (Wildman–Crippen MR) is 54.5 cm³/mol. The molecule has 0 aromatic heterocycles. The van der Waals surface area contributed by atoms with Gasteiger partial charge in [0.15, 0.2) is 0 Å². The van der Waals surface area contributed by atoms with E-state index in [0.29, 0.717) is 16.9 Å². The van der Waals surface area contributed by atoms with Crippen LogP contribution in [0.3, 0.4) is 0 Å². The molecule has 0 aliphatic carbocycles. The van der Waals surface area contributed by atoms with E-state index in [1.165, 1.54) is 12.1 Å². The Hall–Kier alpha value is -2.24. The van der Waals surface area contributed by atoms with E-state index in [9.17, 15) is 9.59 Å². The van der Waals surface area contributed by atoms with Crippen LogP contribution in [0.5, 0.6) is 0 Å². The van der Waals surface area contributed by atoms with Gasteiger partial charge in [-0.05, 0) is 30.7 Å². The van der Waals surface area contributed by atoms with Crippen molar-refractivity contribution in [2.24, 2.45) is 0 Å². The van der Waals surface area contributed by atoms with Crippen molar-refractivity contribution in [3.63, 3.8) is 0 Å². The Morgan fingerprint density at radius 2 is 1.73 bits per heavy atom. The molecule has 0 aliphatic rings. The molecule has 0 aliphatic heterocycles. The quantitative estimate of drug-likeness (QED) is 0.601. The van der Waals surface area contributed by atoms with Crippen molar-refractivity contribution in [3.8, 4) is 0 Å². The number of carboxylic acid groups (broad SMARTS) is 2. The number of carbonyl (C=O) groups is 2. The lowest BCUT2D eigenvalue weighted by Crippen LogP contribution is -2.10. The van der Waals surface area contributed by atoms with Gasteiger partial charge < -0.3 is 10.2 Å². The van der Waals surface area contributed by atoms with Crippen molar-refractivity contribution < 1.29 is 19.8 Å². The fraction of sp³-hybridized carbons (Fsp3) is 0.111. The Morgan fingerprint density at radius 3 is 2.20 bits per heavy atom. The summed E-state index contributed by atoms with van der Waals surface area (Å²) in [5.74, 6) is 0. The number of rotatable bonds is 2. The van der Waals surface area contributed by atoms with Gasteiger partial charge in [0.25, 0.3) is 0 Å². The molecule has 0 radical (unpaired) electrons. The highest BCUT2D eigenvalue weighted by Crippen LogP contribution is 2.19. The van der Waals surface area contributed by atoms with Gasteiger partial charge >= 0.3 is 12.2 Å². The third kappa shape index (κ3) is 3.18. The number of benzene rings is 1. The molecule has 0 unspecified atom stereocenters. The molecule has 0 saturated heterocycles. The number of hydrogen-bond acceptors (Lipinski definition) is 2. The number of anilines is 2. The minimum Gasteiger partial charge on any atom is -0.465 e. The molecule has 15 heavy (non-hydrogen) atoms. The van der Waals surface area contributed by atoms with Crippen LogP contribution in [0, 0.1) is 6.92 Å². The fourth-order valence-corrected chi connectivity index (χ4v) is 1.12. The molecule has 6 heteroatoms. The van der Waals surface area contributed by atoms with Gasteiger partial charge in [-0.15, -0.1) is 0 Å². The summed E-state index contributed by atoms with van der Waals surface area (Å²) in [4.78, 5) is 20.7. The van der Waals surface area contributed by atoms with Crippen LogP contribution >= 0.6 is 0 Å². The summed E-state index contributed by atoms with van der Waals surface area (Å²) in [7, 11) is 0. The molecule has 80 valence electrons. The topological polar surface area (TPSA) is 98.7 Å². The highest BCUT2D eigenvalue weighted by Gasteiger charge is 2.04. The number of amides is 2. The zero-order valence-corrected chi connectivity index (χ0v) is 7.94. The van der Waals surface area contributed by atoms with Crippen molar-refractivity contribution in [2.45, 2.75) is 6.92 Å². The minimum atomic E-state index is -1.16. The molecule has 2 amide bonds. The largest absolute Gasteiger partial charge is 0.465 e. The first-order valence-electron chi connectivity index (χ1n) is 4.09. The normalized spacial score (nSPS) is 9.40. The maximum absolute atomic E-state index is 10.4. The summed E-state index contributed by atoms with van der Waals surface area (Å²) >= 11 is 0. The van der Waals surface area contributed by atoms with Crippen LogP contribution in [-0.2, 0) is 0 Å². The molecule has 1 rings (SSSR count). The minimum absolute atomic E-state index is 0.399. The Bertz CT molecular complexity index is 403. The first-order chi connectivity index (χ1) is 6.99. The monoisotopic (exact) mass is 210 g/mol. The zero-order chi connectivity index (χ0) is 11.4. The molecular weight excluding hydrogens is 200 g/mol. The summed E-state index contributed by atoms with van der Waals surface area (Å²) < 4.78 is 0. The summed E-state index contributed by atoms with van der Waals surface area (Å²) in [6, 6.07) is 4.51. The van der Waals surface area contributed by atoms with Gasteiger partial charge in [-0.1, -0.05) is 0 Å². The average Bonchev–Trinajstić information content (AvgIpc) is 2.08. The molecular formula is C9H10N2O4. The highest BCUT2D eigenvalue weighted by molar-refractivity contribution is 5.86. The maximum Gasteiger partial charge on any atom is 0.409 e. The van der Waals surface area contributed by atoms with E-state index in [4.69, 9.17) is 10.2 Å². The van der Waals surface area contributed by atoms with Crippen LogP contribution in [0.15, 0.2) is 18.2 Å². The maximum atomic E-state index is 10.4. The molecule has 0 fully saturated rings. The van der Waals surface area contributed by atoms with Crippen LogP contribution in [0.25, 0.3) is 0 Å². The summed E-state index contributed by atoms with van der Waals surface area (Å²) in [5.41, 5.74) is 1.47. The Kier molecular flexibility index (Phi) is 3.12. The van der Waals surface area contributed by atoms with Crippen molar-refractivity contribution in [3.05, 3.63) is 23.8 Å². The van der Waals surface area contributed by atoms with Crippen molar-refractivity contribution in [1.82, 2.24) is 0 Å². The van der Waals surface area contributed by atoms with Gasteiger partial charge in [0.2, 0.25) is 0 Å². The third-order valence-electron chi connectivity index (χ3n) is 1.72. The molecule has 0 spiro atoms. The molecule has 0 bridgehead atoms. The fourth-order valence-electron chi connectivity index (χ4n) is 1.12. The van der Waals surface area contributed by atoms with Crippen LogP contribution < -0.4 is 10.6 Å². The van der Waals surface area contributed by atoms with Crippen LogP contribution in [0.1, 0.15) is 5.56 Å². The molecule has 4 N–H and O–H groups in total. The molecule has 6 nitrogen and oxygen atoms in total. The van der Waals surface area contributed by atoms with E-state index in [1.54, 1.807) is 13.0 Å². The standard InChI is InChI=1S/C9H10N2O4/c1-5-4-6(10-8(12)13)2-3-7(5)11-9(14)15/h2-4,10-11H,1H3,(H,12,13)(H,14,15). The SMILES string of the molecule is Cc1cc(NC(=O)O)ccc1NC(=O)O. The summed E-state index contributed by atoms with van der Waals surface area (Å²) in [6.07, 6.45) is -2.31. The molecule has 1 aromatic carbocycles. The van der Waals surface area contributed by atoms with E-state index >= 15 is 0 Å². The third-order valence-corrected chi connectivity index (χ3v) is 1.72. The molecule has 0 atom stereocenters. The first-order valence-corrected chi connectivity index (χ1v) is 4.09. The number of aryl methyl sites for hydroxylation is 1. The molecule has 1 aromatic rings. The molecule has 0 saturated carbocycles. The second-order valence-electron chi connectivity index (χ2n) is 2.89. The number of hydrogen-bond donors (Lipinski definition) is 4. The second kappa shape index (κ2) is 4.32. The Labute approximate surface area is 85.5 Å². The van der Waals surface area contributed by atoms with Gasteiger partial charge in [0.05, 0.1) is 0 Å². The van der Waals surface area contributed by atoms with Gasteiger partial charge in [0.1, 0.15) is 0 Å². The lowest BCUT2D eigenvalue weighted by molar-refractivity contribution is 0.208. The van der Waals surface area contributed by atoms with Gasteiger partial charge in [-0.25, -0.2) is 9.59 Å². The van der Waals surface area contributed by atoms with E-state index in [2.05, 4.69) is 10.6 Å². The van der Waals surface area contributed by atoms with Gasteiger partial charge in [-0.3, -0.25) is 10.6 Å². The molecule has 0 heterocycles. The van der Waals surface area contributed by atoms with Crippen molar-refractivity contribution >= 4 is 23.6 Å². The van der Waals surface area contributed by atoms with Crippen LogP contribution in [0.2, 0.25) is 0 Å². The predicted octanol–water partition coefficient (Wildman–Crippen LogP) is 2.17. The van der Waals surface area contributed by atoms with Crippen molar-refractivity contribution in [1.29, 1.82) is 0 Å². The van der Waals surface area contributed by atoms with Gasteiger partial charge in [-0.2, -0.15) is 0 Å². The lowest BCUT2D eigenvalue weighted by atomic mass is 10.2. The number of nitrogens with one attached hydrogen (secondary N) is 2. The Morgan fingerprint density at radius 1 is 1.13 bits per heavy atom. The van der Waals surface area contributed by atoms with Gasteiger partial charge in [0, 0.05) is 11.4 Å².